The van der Waals surface area contributed by atoms with Crippen LogP contribution in [0.4, 0.5) is 0 Å². The highest BCUT2D eigenvalue weighted by atomic mass is 16.5. The van der Waals surface area contributed by atoms with Crippen LogP contribution < -0.4 is 5.32 Å². The lowest BCUT2D eigenvalue weighted by Gasteiger charge is -2.17. The minimum absolute atomic E-state index is 0.409. The molecular weight excluding hydrogens is 174 g/mol. The summed E-state index contributed by atoms with van der Waals surface area (Å²) in [4.78, 5) is 0. The standard InChI is InChI=1S/C12H25NO/c1-10(2)11(3)14-9-5-7-12-6-4-8-13-12/h10-13H,4-9H2,1-3H3. The molecule has 1 rings (SSSR count). The molecule has 2 nitrogen and oxygen atoms in total. The third-order valence-electron chi connectivity index (χ3n) is 3.18. The highest BCUT2D eigenvalue weighted by Gasteiger charge is 2.13. The van der Waals surface area contributed by atoms with Gasteiger partial charge in [0.1, 0.15) is 0 Å². The van der Waals surface area contributed by atoms with Crippen molar-refractivity contribution in [2.45, 2.75) is 58.6 Å². The second-order valence-electron chi connectivity index (χ2n) is 4.76. The van der Waals surface area contributed by atoms with Crippen molar-refractivity contribution in [2.24, 2.45) is 5.92 Å². The molecule has 0 radical (unpaired) electrons. The molecular formula is C12H25NO. The van der Waals surface area contributed by atoms with E-state index in [4.69, 9.17) is 4.74 Å². The van der Waals surface area contributed by atoms with Gasteiger partial charge in [-0.1, -0.05) is 13.8 Å². The zero-order chi connectivity index (χ0) is 10.4. The van der Waals surface area contributed by atoms with Gasteiger partial charge < -0.3 is 10.1 Å². The average molecular weight is 199 g/mol. The van der Waals surface area contributed by atoms with Crippen molar-refractivity contribution < 1.29 is 4.74 Å². The molecule has 14 heavy (non-hydrogen) atoms. The van der Waals surface area contributed by atoms with Gasteiger partial charge in [-0.2, -0.15) is 0 Å². The first-order valence-corrected chi connectivity index (χ1v) is 6.05. The predicted octanol–water partition coefficient (Wildman–Crippen LogP) is 2.58. The van der Waals surface area contributed by atoms with E-state index in [1.165, 1.54) is 32.2 Å². The van der Waals surface area contributed by atoms with Gasteiger partial charge >= 0.3 is 0 Å². The van der Waals surface area contributed by atoms with Gasteiger partial charge in [-0.05, 0) is 45.1 Å². The van der Waals surface area contributed by atoms with E-state index in [0.717, 1.165) is 12.6 Å². The van der Waals surface area contributed by atoms with E-state index in [0.29, 0.717) is 12.0 Å². The lowest BCUT2D eigenvalue weighted by molar-refractivity contribution is 0.0325. The molecule has 0 aromatic carbocycles. The molecule has 0 bridgehead atoms. The molecule has 1 fully saturated rings. The lowest BCUT2D eigenvalue weighted by Crippen LogP contribution is -2.22. The van der Waals surface area contributed by atoms with Crippen molar-refractivity contribution in [2.75, 3.05) is 13.2 Å². The molecule has 2 unspecified atom stereocenters. The number of rotatable bonds is 6. The van der Waals surface area contributed by atoms with Gasteiger partial charge in [-0.15, -0.1) is 0 Å². The van der Waals surface area contributed by atoms with Crippen LogP contribution in [0.5, 0.6) is 0 Å². The maximum absolute atomic E-state index is 5.74. The van der Waals surface area contributed by atoms with E-state index < -0.39 is 0 Å². The van der Waals surface area contributed by atoms with Crippen molar-refractivity contribution in [3.8, 4) is 0 Å². The molecule has 1 saturated heterocycles. The third kappa shape index (κ3) is 4.43. The number of nitrogens with one attached hydrogen (secondary N) is 1. The molecule has 1 aliphatic rings. The Kier molecular flexibility index (Phi) is 5.49. The molecule has 0 aliphatic carbocycles. The Bertz CT molecular complexity index is 137. The molecule has 0 saturated carbocycles. The van der Waals surface area contributed by atoms with Crippen LogP contribution in [-0.2, 0) is 4.74 Å². The largest absolute Gasteiger partial charge is 0.378 e. The Balaban J connectivity index is 1.93. The first-order valence-electron chi connectivity index (χ1n) is 6.05. The topological polar surface area (TPSA) is 21.3 Å². The molecule has 0 amide bonds. The van der Waals surface area contributed by atoms with E-state index >= 15 is 0 Å². The first kappa shape index (κ1) is 12.0. The molecule has 0 aromatic rings. The zero-order valence-corrected chi connectivity index (χ0v) is 9.88. The molecule has 2 heteroatoms. The van der Waals surface area contributed by atoms with Gasteiger partial charge in [0.25, 0.3) is 0 Å². The highest BCUT2D eigenvalue weighted by molar-refractivity contribution is 4.73. The van der Waals surface area contributed by atoms with E-state index in [1.807, 2.05) is 0 Å². The van der Waals surface area contributed by atoms with Crippen LogP contribution in [0.3, 0.4) is 0 Å². The van der Waals surface area contributed by atoms with Crippen LogP contribution in [0.25, 0.3) is 0 Å². The predicted molar refractivity (Wildman–Crippen MR) is 60.5 cm³/mol. The summed E-state index contributed by atoms with van der Waals surface area (Å²) in [6, 6.07) is 0.771. The second kappa shape index (κ2) is 6.41. The quantitative estimate of drug-likeness (QED) is 0.664. The number of ether oxygens (including phenoxy) is 1. The summed E-state index contributed by atoms with van der Waals surface area (Å²) in [7, 11) is 0. The zero-order valence-electron chi connectivity index (χ0n) is 9.88. The maximum Gasteiger partial charge on any atom is 0.0569 e. The van der Waals surface area contributed by atoms with Crippen molar-refractivity contribution in [1.82, 2.24) is 5.32 Å². The van der Waals surface area contributed by atoms with Crippen LogP contribution in [0.2, 0.25) is 0 Å². The molecule has 2 atom stereocenters. The van der Waals surface area contributed by atoms with Gasteiger partial charge in [0.2, 0.25) is 0 Å². The summed E-state index contributed by atoms with van der Waals surface area (Å²) < 4.78 is 5.74. The summed E-state index contributed by atoms with van der Waals surface area (Å²) in [5.41, 5.74) is 0. The molecule has 0 spiro atoms. The average Bonchev–Trinajstić information content (AvgIpc) is 2.64. The van der Waals surface area contributed by atoms with Gasteiger partial charge in [0.15, 0.2) is 0 Å². The molecule has 0 aromatic heterocycles. The molecule has 1 N–H and O–H groups in total. The minimum Gasteiger partial charge on any atom is -0.378 e. The normalized spacial score (nSPS) is 24.4. The Morgan fingerprint density at radius 2 is 2.14 bits per heavy atom. The van der Waals surface area contributed by atoms with Crippen LogP contribution in [0.1, 0.15) is 46.5 Å². The first-order chi connectivity index (χ1) is 6.70. The molecule has 84 valence electrons. The summed E-state index contributed by atoms with van der Waals surface area (Å²) in [6.07, 6.45) is 5.61. The Morgan fingerprint density at radius 1 is 1.36 bits per heavy atom. The van der Waals surface area contributed by atoms with E-state index in [9.17, 15) is 0 Å². The summed E-state index contributed by atoms with van der Waals surface area (Å²) in [6.45, 7) is 8.73. The van der Waals surface area contributed by atoms with E-state index in [-0.39, 0.29) is 0 Å². The summed E-state index contributed by atoms with van der Waals surface area (Å²) in [5.74, 6) is 0.639. The Hall–Kier alpha value is -0.0800. The monoisotopic (exact) mass is 199 g/mol. The maximum atomic E-state index is 5.74. The molecule has 1 heterocycles. The van der Waals surface area contributed by atoms with Crippen molar-refractivity contribution in [3.05, 3.63) is 0 Å². The van der Waals surface area contributed by atoms with Crippen molar-refractivity contribution in [3.63, 3.8) is 0 Å². The Labute approximate surface area is 88.4 Å². The van der Waals surface area contributed by atoms with E-state index in [2.05, 4.69) is 26.1 Å². The summed E-state index contributed by atoms with van der Waals surface area (Å²) in [5, 5.41) is 3.51. The second-order valence-corrected chi connectivity index (χ2v) is 4.76. The van der Waals surface area contributed by atoms with Crippen molar-refractivity contribution >= 4 is 0 Å². The van der Waals surface area contributed by atoms with Crippen LogP contribution in [0, 0.1) is 5.92 Å². The fourth-order valence-corrected chi connectivity index (χ4v) is 1.79. The lowest BCUT2D eigenvalue weighted by atomic mass is 10.1. The highest BCUT2D eigenvalue weighted by Crippen LogP contribution is 2.12. The SMILES string of the molecule is CC(C)C(C)OCCCC1CCCN1. The summed E-state index contributed by atoms with van der Waals surface area (Å²) >= 11 is 0. The fraction of sp³-hybridized carbons (Fsp3) is 1.00. The third-order valence-corrected chi connectivity index (χ3v) is 3.18. The van der Waals surface area contributed by atoms with Gasteiger partial charge in [0, 0.05) is 12.6 Å². The number of hydrogen-bond donors (Lipinski definition) is 1. The molecule has 1 aliphatic heterocycles. The van der Waals surface area contributed by atoms with Gasteiger partial charge in [-0.25, -0.2) is 0 Å². The smallest absolute Gasteiger partial charge is 0.0569 e. The minimum atomic E-state index is 0.409. The van der Waals surface area contributed by atoms with Crippen LogP contribution in [-0.4, -0.2) is 25.3 Å². The van der Waals surface area contributed by atoms with Crippen LogP contribution in [0.15, 0.2) is 0 Å². The van der Waals surface area contributed by atoms with Crippen molar-refractivity contribution in [1.29, 1.82) is 0 Å². The fourth-order valence-electron chi connectivity index (χ4n) is 1.79. The number of hydrogen-bond acceptors (Lipinski definition) is 2. The van der Waals surface area contributed by atoms with Gasteiger partial charge in [-0.3, -0.25) is 0 Å². The Morgan fingerprint density at radius 3 is 2.71 bits per heavy atom. The van der Waals surface area contributed by atoms with Gasteiger partial charge in [0.05, 0.1) is 6.10 Å². The van der Waals surface area contributed by atoms with E-state index in [1.54, 1.807) is 0 Å². The van der Waals surface area contributed by atoms with Crippen LogP contribution >= 0.6 is 0 Å².